The minimum atomic E-state index is -4.91. The second-order valence-electron chi connectivity index (χ2n) is 9.52. The monoisotopic (exact) mass is 648 g/mol. The molecule has 0 unspecified atom stereocenters. The number of nitrogens with zero attached hydrogens (tertiary/aromatic N) is 3. The van der Waals surface area contributed by atoms with E-state index in [9.17, 15) is 35.2 Å². The normalized spacial score (nSPS) is 17.1. The molecule has 4 rings (SSSR count). The topological polar surface area (TPSA) is 120 Å². The third-order valence-electron chi connectivity index (χ3n) is 6.49. The van der Waals surface area contributed by atoms with Crippen molar-refractivity contribution >= 4 is 21.6 Å². The van der Waals surface area contributed by atoms with E-state index in [1.807, 2.05) is 0 Å². The number of amides is 1. The summed E-state index contributed by atoms with van der Waals surface area (Å²) in [5.74, 6) is -2.57. The number of ether oxygens (including phenoxy) is 3. The van der Waals surface area contributed by atoms with Crippen molar-refractivity contribution < 1.29 is 53.8 Å². The van der Waals surface area contributed by atoms with Crippen LogP contribution in [0.4, 0.5) is 32.2 Å². The Morgan fingerprint density at radius 1 is 1.11 bits per heavy atom. The standard InChI is InChI=1S/C27H26F6N4O6S/c1-2-44(39,40)21-6-3-16(4-7-21)11-36-25(38)17-9-22(28)24(35-12-17)37-14-20(10-18(37)15-41-26(29)30)42-23-8-5-19(13-34-23)43-27(31,32)33/h3-9,12-13,18,20,26H,2,10-11,14-15H2,1H3,(H,36,38)/t18-,20-/m0/s1. The number of sulfone groups is 1. The molecule has 1 amide bonds. The highest BCUT2D eigenvalue weighted by molar-refractivity contribution is 7.91. The van der Waals surface area contributed by atoms with Crippen LogP contribution in [0.15, 0.2) is 59.8 Å². The Morgan fingerprint density at radius 3 is 2.43 bits per heavy atom. The van der Waals surface area contributed by atoms with Gasteiger partial charge in [-0.3, -0.25) is 4.79 Å². The van der Waals surface area contributed by atoms with Gasteiger partial charge in [-0.2, -0.15) is 8.78 Å². The number of halogens is 6. The van der Waals surface area contributed by atoms with Gasteiger partial charge in [-0.05, 0) is 29.8 Å². The number of hydrogen-bond acceptors (Lipinski definition) is 9. The van der Waals surface area contributed by atoms with Crippen molar-refractivity contribution in [1.82, 2.24) is 15.3 Å². The van der Waals surface area contributed by atoms with Crippen molar-refractivity contribution in [2.24, 2.45) is 0 Å². The molecular weight excluding hydrogens is 622 g/mol. The number of carbonyl (C=O) groups is 1. The molecule has 1 aliphatic heterocycles. The van der Waals surface area contributed by atoms with Gasteiger partial charge in [-0.25, -0.2) is 22.8 Å². The fraction of sp³-hybridized carbons (Fsp3) is 0.370. The molecule has 1 fully saturated rings. The minimum Gasteiger partial charge on any atom is -0.472 e. The highest BCUT2D eigenvalue weighted by Crippen LogP contribution is 2.30. The maximum Gasteiger partial charge on any atom is 0.573 e. The summed E-state index contributed by atoms with van der Waals surface area (Å²) in [6, 6.07) is 8.13. The number of aromatic nitrogens is 2. The first-order chi connectivity index (χ1) is 20.7. The van der Waals surface area contributed by atoms with Crippen LogP contribution in [0.2, 0.25) is 0 Å². The first kappa shape index (κ1) is 32.8. The third kappa shape index (κ3) is 8.72. The molecule has 3 aromatic rings. The smallest absolute Gasteiger partial charge is 0.472 e. The lowest BCUT2D eigenvalue weighted by Crippen LogP contribution is -2.35. The number of carbonyl (C=O) groups excluding carboxylic acids is 1. The fourth-order valence-corrected chi connectivity index (χ4v) is 5.28. The predicted molar refractivity (Wildman–Crippen MR) is 143 cm³/mol. The fourth-order valence-electron chi connectivity index (χ4n) is 4.39. The number of alkyl halides is 5. The summed E-state index contributed by atoms with van der Waals surface area (Å²) in [5.41, 5.74) is 0.467. The van der Waals surface area contributed by atoms with Crippen molar-refractivity contribution in [2.75, 3.05) is 23.8 Å². The summed E-state index contributed by atoms with van der Waals surface area (Å²) < 4.78 is 116. The average Bonchev–Trinajstić information content (AvgIpc) is 3.37. The van der Waals surface area contributed by atoms with Gasteiger partial charge in [0.2, 0.25) is 5.88 Å². The molecule has 0 radical (unpaired) electrons. The number of anilines is 1. The molecule has 3 heterocycles. The molecular formula is C27H26F6N4O6S. The van der Waals surface area contributed by atoms with Crippen molar-refractivity contribution in [3.05, 3.63) is 71.8 Å². The molecule has 1 aliphatic rings. The molecule has 0 saturated carbocycles. The number of rotatable bonds is 12. The minimum absolute atomic E-state index is 0.0180. The Labute approximate surface area is 247 Å². The summed E-state index contributed by atoms with van der Waals surface area (Å²) >= 11 is 0. The van der Waals surface area contributed by atoms with E-state index >= 15 is 4.39 Å². The number of hydrogen-bond donors (Lipinski definition) is 1. The second kappa shape index (κ2) is 13.7. The van der Waals surface area contributed by atoms with Gasteiger partial charge in [0.1, 0.15) is 11.9 Å². The van der Waals surface area contributed by atoms with E-state index in [4.69, 9.17) is 4.74 Å². The number of benzene rings is 1. The molecule has 1 N–H and O–H groups in total. The summed E-state index contributed by atoms with van der Waals surface area (Å²) in [6.45, 7) is -2.15. The first-order valence-corrected chi connectivity index (χ1v) is 14.7. The van der Waals surface area contributed by atoms with Gasteiger partial charge in [0.05, 0.1) is 41.6 Å². The van der Waals surface area contributed by atoms with Gasteiger partial charge >= 0.3 is 13.0 Å². The van der Waals surface area contributed by atoms with Crippen LogP contribution in [0.5, 0.6) is 11.6 Å². The Morgan fingerprint density at radius 2 is 1.84 bits per heavy atom. The van der Waals surface area contributed by atoms with E-state index in [1.54, 1.807) is 12.1 Å². The molecule has 1 aromatic carbocycles. The van der Waals surface area contributed by atoms with Gasteiger partial charge in [0, 0.05) is 25.2 Å². The molecule has 0 aliphatic carbocycles. The molecule has 17 heteroatoms. The lowest BCUT2D eigenvalue weighted by Gasteiger charge is -2.25. The maximum absolute atomic E-state index is 15.2. The summed E-state index contributed by atoms with van der Waals surface area (Å²) in [6.07, 6.45) is -3.72. The Bertz CT molecular complexity index is 1540. The van der Waals surface area contributed by atoms with E-state index in [-0.39, 0.29) is 47.4 Å². The lowest BCUT2D eigenvalue weighted by molar-refractivity contribution is -0.274. The Kier molecular flexibility index (Phi) is 10.2. The second-order valence-corrected chi connectivity index (χ2v) is 11.8. The number of pyridine rings is 2. The van der Waals surface area contributed by atoms with Crippen LogP contribution in [0.25, 0.3) is 0 Å². The van der Waals surface area contributed by atoms with E-state index in [0.29, 0.717) is 5.56 Å². The average molecular weight is 649 g/mol. The quantitative estimate of drug-likeness (QED) is 0.283. The van der Waals surface area contributed by atoms with Crippen LogP contribution in [0, 0.1) is 5.82 Å². The summed E-state index contributed by atoms with van der Waals surface area (Å²) in [7, 11) is -3.38. The predicted octanol–water partition coefficient (Wildman–Crippen LogP) is 4.50. The first-order valence-electron chi connectivity index (χ1n) is 13.0. The summed E-state index contributed by atoms with van der Waals surface area (Å²) in [5, 5.41) is 2.59. The molecule has 2 atom stereocenters. The molecule has 238 valence electrons. The Balaban J connectivity index is 1.42. The van der Waals surface area contributed by atoms with Crippen LogP contribution >= 0.6 is 0 Å². The van der Waals surface area contributed by atoms with E-state index in [1.165, 1.54) is 24.0 Å². The highest BCUT2D eigenvalue weighted by Gasteiger charge is 2.37. The Hall–Kier alpha value is -4.12. The zero-order valence-corrected chi connectivity index (χ0v) is 23.7. The SMILES string of the molecule is CCS(=O)(=O)c1ccc(CNC(=O)c2cnc(N3C[C@@H](Oc4ccc(OC(F)(F)F)cn4)C[C@H]3COC(F)F)c(F)c2)cc1. The van der Waals surface area contributed by atoms with Gasteiger partial charge in [0.25, 0.3) is 5.91 Å². The molecule has 0 bridgehead atoms. The van der Waals surface area contributed by atoms with Crippen molar-refractivity contribution in [3.63, 3.8) is 0 Å². The van der Waals surface area contributed by atoms with E-state index < -0.39 is 59.0 Å². The lowest BCUT2D eigenvalue weighted by atomic mass is 10.2. The van der Waals surface area contributed by atoms with E-state index in [0.717, 1.165) is 30.6 Å². The highest BCUT2D eigenvalue weighted by atomic mass is 32.2. The van der Waals surface area contributed by atoms with E-state index in [2.05, 4.69) is 24.8 Å². The molecule has 0 spiro atoms. The molecule has 44 heavy (non-hydrogen) atoms. The van der Waals surface area contributed by atoms with Crippen molar-refractivity contribution in [3.8, 4) is 11.6 Å². The van der Waals surface area contributed by atoms with Crippen LogP contribution in [0.3, 0.4) is 0 Å². The molecule has 2 aromatic heterocycles. The van der Waals surface area contributed by atoms with Crippen molar-refractivity contribution in [2.45, 2.75) is 49.9 Å². The number of nitrogens with one attached hydrogen (secondary N) is 1. The van der Waals surface area contributed by atoms with Gasteiger partial charge in [-0.1, -0.05) is 19.1 Å². The van der Waals surface area contributed by atoms with Crippen LogP contribution < -0.4 is 19.7 Å². The van der Waals surface area contributed by atoms with Crippen molar-refractivity contribution in [1.29, 1.82) is 0 Å². The third-order valence-corrected chi connectivity index (χ3v) is 8.24. The molecule has 1 saturated heterocycles. The largest absolute Gasteiger partial charge is 0.573 e. The van der Waals surface area contributed by atoms with Crippen LogP contribution in [0.1, 0.15) is 29.3 Å². The van der Waals surface area contributed by atoms with Gasteiger partial charge < -0.3 is 24.4 Å². The van der Waals surface area contributed by atoms with Gasteiger partial charge in [-0.15, -0.1) is 13.2 Å². The van der Waals surface area contributed by atoms with Gasteiger partial charge in [0.15, 0.2) is 21.5 Å². The maximum atomic E-state index is 15.2. The summed E-state index contributed by atoms with van der Waals surface area (Å²) in [4.78, 5) is 21.9. The zero-order chi connectivity index (χ0) is 32.1. The molecule has 10 nitrogen and oxygen atoms in total. The zero-order valence-electron chi connectivity index (χ0n) is 22.9. The van der Waals surface area contributed by atoms with Crippen LogP contribution in [-0.2, 0) is 21.1 Å². The van der Waals surface area contributed by atoms with Crippen LogP contribution in [-0.4, -0.2) is 68.3 Å².